The summed E-state index contributed by atoms with van der Waals surface area (Å²) in [6.45, 7) is 0. The van der Waals surface area contributed by atoms with Crippen LogP contribution in [0.15, 0.2) is 61.2 Å². The highest BCUT2D eigenvalue weighted by molar-refractivity contribution is 5.95. The van der Waals surface area contributed by atoms with Gasteiger partial charge in [0, 0.05) is 24.0 Å². The maximum absolute atomic E-state index is 12.9. The van der Waals surface area contributed by atoms with Crippen LogP contribution in [-0.4, -0.2) is 27.5 Å². The molecule has 1 amide bonds. The lowest BCUT2D eigenvalue weighted by Crippen LogP contribution is -2.30. The van der Waals surface area contributed by atoms with Crippen LogP contribution in [0.2, 0.25) is 0 Å². The summed E-state index contributed by atoms with van der Waals surface area (Å²) in [6, 6.07) is 11.9. The van der Waals surface area contributed by atoms with Crippen LogP contribution in [0, 0.1) is 16.0 Å². The molecule has 1 atom stereocenters. The molecule has 2 aromatic carbocycles. The third kappa shape index (κ3) is 3.96. The van der Waals surface area contributed by atoms with E-state index in [4.69, 9.17) is 4.74 Å². The Bertz CT molecular complexity index is 1030. The second-order valence-corrected chi connectivity index (χ2v) is 6.99. The Morgan fingerprint density at radius 1 is 1.28 bits per heavy atom. The Kier molecular flexibility index (Phi) is 4.99. The van der Waals surface area contributed by atoms with Crippen molar-refractivity contribution in [1.82, 2.24) is 14.9 Å². The van der Waals surface area contributed by atoms with Gasteiger partial charge in [-0.1, -0.05) is 12.1 Å². The molecule has 8 nitrogen and oxygen atoms in total. The van der Waals surface area contributed by atoms with E-state index in [1.54, 1.807) is 36.2 Å². The molecule has 3 aromatic rings. The maximum Gasteiger partial charge on any atom is 0.294 e. The Labute approximate surface area is 167 Å². The minimum absolute atomic E-state index is 0.138. The first-order chi connectivity index (χ1) is 14.1. The highest BCUT2D eigenvalue weighted by Crippen LogP contribution is 2.41. The van der Waals surface area contributed by atoms with E-state index >= 15 is 0 Å². The van der Waals surface area contributed by atoms with Crippen LogP contribution in [0.25, 0.3) is 5.69 Å². The van der Waals surface area contributed by atoms with Gasteiger partial charge >= 0.3 is 0 Å². The van der Waals surface area contributed by atoms with E-state index in [0.29, 0.717) is 11.6 Å². The predicted molar refractivity (Wildman–Crippen MR) is 106 cm³/mol. The van der Waals surface area contributed by atoms with E-state index in [9.17, 15) is 14.9 Å². The van der Waals surface area contributed by atoms with Gasteiger partial charge in [-0.25, -0.2) is 4.98 Å². The fourth-order valence-electron chi connectivity index (χ4n) is 3.37. The number of hydrogen-bond acceptors (Lipinski definition) is 5. The van der Waals surface area contributed by atoms with Crippen molar-refractivity contribution >= 4 is 11.6 Å². The molecule has 1 heterocycles. The highest BCUT2D eigenvalue weighted by atomic mass is 16.6. The van der Waals surface area contributed by atoms with Crippen LogP contribution in [0.1, 0.15) is 34.8 Å². The largest absolute Gasteiger partial charge is 0.497 e. The normalized spacial score (nSPS) is 14.2. The van der Waals surface area contributed by atoms with Crippen molar-refractivity contribution < 1.29 is 14.5 Å². The van der Waals surface area contributed by atoms with E-state index in [-0.39, 0.29) is 23.2 Å². The smallest absolute Gasteiger partial charge is 0.294 e. The molecular formula is C21H20N4O4. The zero-order valence-electron chi connectivity index (χ0n) is 15.8. The summed E-state index contributed by atoms with van der Waals surface area (Å²) < 4.78 is 6.74. The number of ether oxygens (including phenoxy) is 1. The average Bonchev–Trinajstić information content (AvgIpc) is 3.44. The minimum Gasteiger partial charge on any atom is -0.497 e. The molecule has 1 N–H and O–H groups in total. The fraction of sp³-hybridized carbons (Fsp3) is 0.238. The van der Waals surface area contributed by atoms with Gasteiger partial charge in [0.15, 0.2) is 0 Å². The summed E-state index contributed by atoms with van der Waals surface area (Å²) in [5.74, 6) is 0.783. The van der Waals surface area contributed by atoms with Crippen LogP contribution in [0.5, 0.6) is 5.75 Å². The quantitative estimate of drug-likeness (QED) is 0.488. The molecule has 1 aromatic heterocycles. The number of carbonyl (C=O) groups is 1. The molecule has 0 bridgehead atoms. The van der Waals surface area contributed by atoms with Crippen molar-refractivity contribution in [2.75, 3.05) is 7.11 Å². The number of hydrogen-bond donors (Lipinski definition) is 1. The van der Waals surface area contributed by atoms with Crippen LogP contribution in [0.4, 0.5) is 5.69 Å². The van der Waals surface area contributed by atoms with Gasteiger partial charge in [-0.3, -0.25) is 14.9 Å². The van der Waals surface area contributed by atoms with Crippen molar-refractivity contribution in [3.05, 3.63) is 82.4 Å². The molecule has 4 rings (SSSR count). The minimum atomic E-state index is -0.492. The number of benzene rings is 2. The van der Waals surface area contributed by atoms with Gasteiger partial charge in [0.25, 0.3) is 11.6 Å². The van der Waals surface area contributed by atoms with E-state index in [2.05, 4.69) is 10.3 Å². The molecule has 0 radical (unpaired) electrons. The lowest BCUT2D eigenvalue weighted by atomic mass is 10.0. The summed E-state index contributed by atoms with van der Waals surface area (Å²) >= 11 is 0. The number of aromatic nitrogens is 2. The third-order valence-corrected chi connectivity index (χ3v) is 5.07. The van der Waals surface area contributed by atoms with Crippen molar-refractivity contribution in [1.29, 1.82) is 0 Å². The van der Waals surface area contributed by atoms with Crippen molar-refractivity contribution in [3.8, 4) is 11.4 Å². The second-order valence-electron chi connectivity index (χ2n) is 6.99. The zero-order valence-corrected chi connectivity index (χ0v) is 15.8. The lowest BCUT2D eigenvalue weighted by Gasteiger charge is -2.19. The summed E-state index contributed by atoms with van der Waals surface area (Å²) in [4.78, 5) is 27.8. The average molecular weight is 392 g/mol. The number of rotatable bonds is 7. The van der Waals surface area contributed by atoms with Crippen molar-refractivity contribution in [2.24, 2.45) is 5.92 Å². The van der Waals surface area contributed by atoms with Gasteiger partial charge in [0.05, 0.1) is 24.4 Å². The molecule has 1 aliphatic rings. The first kappa shape index (κ1) is 18.7. The van der Waals surface area contributed by atoms with E-state index in [1.165, 1.54) is 12.4 Å². The molecule has 1 saturated carbocycles. The second kappa shape index (κ2) is 7.75. The Morgan fingerprint density at radius 3 is 2.62 bits per heavy atom. The Balaban J connectivity index is 1.59. The van der Waals surface area contributed by atoms with Gasteiger partial charge in [-0.05, 0) is 48.6 Å². The molecule has 29 heavy (non-hydrogen) atoms. The standard InChI is InChI=1S/C21H20N4O4/c1-29-17-7-4-15(5-8-17)20(14-2-3-14)23-21(26)16-6-9-18(19(12-16)25(27)28)24-11-10-22-13-24/h4-14,20H,2-3H2,1H3,(H,23,26). The van der Waals surface area contributed by atoms with Gasteiger partial charge < -0.3 is 14.6 Å². The van der Waals surface area contributed by atoms with Gasteiger partial charge in [-0.15, -0.1) is 0 Å². The number of nitrogens with zero attached hydrogens (tertiary/aromatic N) is 3. The first-order valence-electron chi connectivity index (χ1n) is 9.28. The van der Waals surface area contributed by atoms with E-state index < -0.39 is 4.92 Å². The number of imidazole rings is 1. The predicted octanol–water partition coefficient (Wildman–Crippen LogP) is 3.67. The molecule has 1 fully saturated rings. The van der Waals surface area contributed by atoms with Crippen LogP contribution in [-0.2, 0) is 0 Å². The monoisotopic (exact) mass is 392 g/mol. The number of carbonyl (C=O) groups excluding carboxylic acids is 1. The zero-order chi connectivity index (χ0) is 20.4. The molecule has 148 valence electrons. The SMILES string of the molecule is COc1ccc(C(NC(=O)c2ccc(-n3ccnc3)c([N+](=O)[O-])c2)C2CC2)cc1. The van der Waals surface area contributed by atoms with E-state index in [0.717, 1.165) is 24.2 Å². The summed E-state index contributed by atoms with van der Waals surface area (Å²) in [5.41, 5.74) is 1.45. The number of amides is 1. The third-order valence-electron chi connectivity index (χ3n) is 5.07. The molecule has 8 heteroatoms. The van der Waals surface area contributed by atoms with Crippen molar-refractivity contribution in [3.63, 3.8) is 0 Å². The number of methoxy groups -OCH3 is 1. The van der Waals surface area contributed by atoms with Crippen LogP contribution in [0.3, 0.4) is 0 Å². The number of nitrogens with one attached hydrogen (secondary N) is 1. The number of nitro benzene ring substituents is 1. The summed E-state index contributed by atoms with van der Waals surface area (Å²) in [5, 5.41) is 14.6. The highest BCUT2D eigenvalue weighted by Gasteiger charge is 2.34. The topological polar surface area (TPSA) is 99.3 Å². The Morgan fingerprint density at radius 2 is 2.03 bits per heavy atom. The lowest BCUT2D eigenvalue weighted by molar-refractivity contribution is -0.384. The van der Waals surface area contributed by atoms with Crippen molar-refractivity contribution in [2.45, 2.75) is 18.9 Å². The molecule has 0 spiro atoms. The van der Waals surface area contributed by atoms with Gasteiger partial charge in [-0.2, -0.15) is 0 Å². The molecule has 1 aliphatic carbocycles. The molecule has 0 saturated heterocycles. The van der Waals surface area contributed by atoms with Gasteiger partial charge in [0.1, 0.15) is 11.4 Å². The Hall–Kier alpha value is -3.68. The summed E-state index contributed by atoms with van der Waals surface area (Å²) in [6.07, 6.45) is 6.72. The van der Waals surface area contributed by atoms with E-state index in [1.807, 2.05) is 24.3 Å². The summed E-state index contributed by atoms with van der Waals surface area (Å²) in [7, 11) is 1.61. The number of nitro groups is 1. The van der Waals surface area contributed by atoms with Crippen LogP contribution < -0.4 is 10.1 Å². The molecule has 0 aliphatic heterocycles. The fourth-order valence-corrected chi connectivity index (χ4v) is 3.37. The van der Waals surface area contributed by atoms with Gasteiger partial charge in [0.2, 0.25) is 0 Å². The van der Waals surface area contributed by atoms with Crippen LogP contribution >= 0.6 is 0 Å². The first-order valence-corrected chi connectivity index (χ1v) is 9.28. The molecular weight excluding hydrogens is 372 g/mol. The maximum atomic E-state index is 12.9. The molecule has 1 unspecified atom stereocenters.